The standard InChI is InChI=1S/C28H27N7O2/c1-3-26(37)32-25-9-5-8-24(31-25)23-7-4-6-20-18-29-28(33-27(20)23)30-21-10-12-22(13-11-21)35-16-14-34(15-17-35)19(2)36/h3-13,18H,1,14-17H2,2H3,(H,29,30,33)(H,31,32,37). The molecule has 0 radical (unpaired) electrons. The molecular weight excluding hydrogens is 466 g/mol. The summed E-state index contributed by atoms with van der Waals surface area (Å²) < 4.78 is 0. The second kappa shape index (κ2) is 10.4. The fourth-order valence-electron chi connectivity index (χ4n) is 4.32. The highest BCUT2D eigenvalue weighted by atomic mass is 16.2. The average Bonchev–Trinajstić information content (AvgIpc) is 2.93. The van der Waals surface area contributed by atoms with E-state index in [-0.39, 0.29) is 11.8 Å². The number of aromatic nitrogens is 3. The lowest BCUT2D eigenvalue weighted by Crippen LogP contribution is -2.48. The highest BCUT2D eigenvalue weighted by Crippen LogP contribution is 2.28. The minimum absolute atomic E-state index is 0.126. The van der Waals surface area contributed by atoms with Crippen LogP contribution >= 0.6 is 0 Å². The molecule has 0 saturated carbocycles. The zero-order valence-electron chi connectivity index (χ0n) is 20.5. The molecule has 186 valence electrons. The first-order chi connectivity index (χ1) is 18.0. The highest BCUT2D eigenvalue weighted by Gasteiger charge is 2.18. The van der Waals surface area contributed by atoms with Gasteiger partial charge in [-0.1, -0.05) is 30.8 Å². The van der Waals surface area contributed by atoms with Crippen LogP contribution < -0.4 is 15.5 Å². The monoisotopic (exact) mass is 493 g/mol. The number of hydrogen-bond acceptors (Lipinski definition) is 7. The van der Waals surface area contributed by atoms with Crippen LogP contribution in [-0.4, -0.2) is 57.8 Å². The van der Waals surface area contributed by atoms with Gasteiger partial charge >= 0.3 is 0 Å². The molecule has 5 rings (SSSR count). The Morgan fingerprint density at radius 1 is 0.946 bits per heavy atom. The number of nitrogens with zero attached hydrogens (tertiary/aromatic N) is 5. The summed E-state index contributed by atoms with van der Waals surface area (Å²) >= 11 is 0. The largest absolute Gasteiger partial charge is 0.368 e. The van der Waals surface area contributed by atoms with Gasteiger partial charge < -0.3 is 20.4 Å². The Bertz CT molecular complexity index is 1460. The number of nitrogens with one attached hydrogen (secondary N) is 2. The first-order valence-corrected chi connectivity index (χ1v) is 12.0. The van der Waals surface area contributed by atoms with Crippen LogP contribution in [0.15, 0.2) is 79.5 Å². The van der Waals surface area contributed by atoms with E-state index >= 15 is 0 Å². The molecule has 1 aliphatic rings. The van der Waals surface area contributed by atoms with E-state index in [4.69, 9.17) is 4.98 Å². The maximum Gasteiger partial charge on any atom is 0.248 e. The van der Waals surface area contributed by atoms with Crippen molar-refractivity contribution < 1.29 is 9.59 Å². The van der Waals surface area contributed by atoms with E-state index in [0.717, 1.165) is 54.0 Å². The van der Waals surface area contributed by atoms with Gasteiger partial charge in [0.1, 0.15) is 5.82 Å². The molecular formula is C28H27N7O2. The number of carbonyl (C=O) groups is 2. The topological polar surface area (TPSA) is 103 Å². The maximum absolute atomic E-state index is 11.7. The number of pyridine rings is 1. The number of piperazine rings is 1. The van der Waals surface area contributed by atoms with Gasteiger partial charge in [-0.05, 0) is 42.5 Å². The molecule has 0 aliphatic carbocycles. The van der Waals surface area contributed by atoms with E-state index in [0.29, 0.717) is 17.5 Å². The fraction of sp³-hybridized carbons (Fsp3) is 0.179. The lowest BCUT2D eigenvalue weighted by atomic mass is 10.1. The molecule has 9 nitrogen and oxygen atoms in total. The van der Waals surface area contributed by atoms with Crippen LogP contribution in [-0.2, 0) is 9.59 Å². The van der Waals surface area contributed by atoms with Gasteiger partial charge in [-0.3, -0.25) is 9.59 Å². The molecule has 9 heteroatoms. The molecule has 0 unspecified atom stereocenters. The van der Waals surface area contributed by atoms with Gasteiger partial charge in [-0.2, -0.15) is 0 Å². The van der Waals surface area contributed by atoms with Crippen LogP contribution in [0.5, 0.6) is 0 Å². The van der Waals surface area contributed by atoms with Crippen molar-refractivity contribution >= 4 is 45.9 Å². The summed E-state index contributed by atoms with van der Waals surface area (Å²) in [5.41, 5.74) is 4.25. The lowest BCUT2D eigenvalue weighted by molar-refractivity contribution is -0.129. The highest BCUT2D eigenvalue weighted by molar-refractivity contribution is 5.98. The molecule has 1 aliphatic heterocycles. The van der Waals surface area contributed by atoms with E-state index in [1.165, 1.54) is 6.08 Å². The maximum atomic E-state index is 11.7. The van der Waals surface area contributed by atoms with Gasteiger partial charge in [0.25, 0.3) is 0 Å². The number of rotatable bonds is 6. The van der Waals surface area contributed by atoms with Crippen molar-refractivity contribution in [2.45, 2.75) is 6.92 Å². The first-order valence-electron chi connectivity index (χ1n) is 12.0. The zero-order valence-corrected chi connectivity index (χ0v) is 20.5. The Morgan fingerprint density at radius 2 is 1.70 bits per heavy atom. The van der Waals surface area contributed by atoms with Crippen LogP contribution in [0.1, 0.15) is 6.92 Å². The third-order valence-corrected chi connectivity index (χ3v) is 6.29. The van der Waals surface area contributed by atoms with Crippen molar-refractivity contribution in [3.63, 3.8) is 0 Å². The number of benzene rings is 2. The molecule has 3 heterocycles. The first kappa shape index (κ1) is 23.9. The van der Waals surface area contributed by atoms with E-state index in [1.54, 1.807) is 19.2 Å². The lowest BCUT2D eigenvalue weighted by Gasteiger charge is -2.35. The number of anilines is 4. The Morgan fingerprint density at radius 3 is 2.43 bits per heavy atom. The summed E-state index contributed by atoms with van der Waals surface area (Å²) in [4.78, 5) is 41.3. The summed E-state index contributed by atoms with van der Waals surface area (Å²) in [6.07, 6.45) is 2.99. The molecule has 0 spiro atoms. The van der Waals surface area contributed by atoms with Crippen molar-refractivity contribution in [2.75, 3.05) is 41.7 Å². The summed E-state index contributed by atoms with van der Waals surface area (Å²) in [7, 11) is 0. The van der Waals surface area contributed by atoms with Crippen molar-refractivity contribution in [1.82, 2.24) is 19.9 Å². The minimum atomic E-state index is -0.319. The van der Waals surface area contributed by atoms with E-state index in [1.807, 2.05) is 47.4 Å². The molecule has 2 amide bonds. The summed E-state index contributed by atoms with van der Waals surface area (Å²) in [5, 5.41) is 6.86. The third kappa shape index (κ3) is 5.40. The molecule has 2 aromatic carbocycles. The number of carbonyl (C=O) groups excluding carboxylic acids is 2. The second-order valence-corrected chi connectivity index (χ2v) is 8.70. The van der Waals surface area contributed by atoms with Gasteiger partial charge in [0.05, 0.1) is 11.2 Å². The molecule has 4 aromatic rings. The summed E-state index contributed by atoms with van der Waals surface area (Å²) in [6, 6.07) is 19.4. The zero-order chi connectivity index (χ0) is 25.8. The molecule has 2 N–H and O–H groups in total. The van der Waals surface area contributed by atoms with Gasteiger partial charge in [0.15, 0.2) is 0 Å². The number of fused-ring (bicyclic) bond motifs is 1. The van der Waals surface area contributed by atoms with Crippen LogP contribution in [0.25, 0.3) is 22.2 Å². The van der Waals surface area contributed by atoms with Gasteiger partial charge in [0, 0.05) is 61.6 Å². The van der Waals surface area contributed by atoms with Crippen molar-refractivity contribution in [2.24, 2.45) is 0 Å². The van der Waals surface area contributed by atoms with Crippen molar-refractivity contribution in [1.29, 1.82) is 0 Å². The van der Waals surface area contributed by atoms with Crippen LogP contribution in [0, 0.1) is 0 Å². The van der Waals surface area contributed by atoms with Crippen LogP contribution in [0.2, 0.25) is 0 Å². The van der Waals surface area contributed by atoms with Crippen LogP contribution in [0.3, 0.4) is 0 Å². The summed E-state index contributed by atoms with van der Waals surface area (Å²) in [5.74, 6) is 0.718. The van der Waals surface area contributed by atoms with E-state index < -0.39 is 0 Å². The molecule has 0 atom stereocenters. The molecule has 1 fully saturated rings. The van der Waals surface area contributed by atoms with Crippen molar-refractivity contribution in [3.05, 3.63) is 79.5 Å². The molecule has 1 saturated heterocycles. The number of para-hydroxylation sites is 1. The minimum Gasteiger partial charge on any atom is -0.368 e. The van der Waals surface area contributed by atoms with Gasteiger partial charge in [-0.15, -0.1) is 0 Å². The predicted octanol–water partition coefficient (Wildman–Crippen LogP) is 4.23. The van der Waals surface area contributed by atoms with Gasteiger partial charge in [0.2, 0.25) is 17.8 Å². The molecule has 37 heavy (non-hydrogen) atoms. The predicted molar refractivity (Wildman–Crippen MR) is 146 cm³/mol. The summed E-state index contributed by atoms with van der Waals surface area (Å²) in [6.45, 7) is 8.20. The Labute approximate surface area is 214 Å². The average molecular weight is 494 g/mol. The quantitative estimate of drug-likeness (QED) is 0.388. The molecule has 2 aromatic heterocycles. The normalized spacial score (nSPS) is 13.3. The second-order valence-electron chi connectivity index (χ2n) is 8.70. The Kier molecular flexibility index (Phi) is 6.76. The van der Waals surface area contributed by atoms with Crippen LogP contribution in [0.4, 0.5) is 23.1 Å². The fourth-order valence-corrected chi connectivity index (χ4v) is 4.32. The SMILES string of the molecule is C=CC(=O)Nc1cccc(-c2cccc3cnc(Nc4ccc(N5CCN(C(C)=O)CC5)cc4)nc23)n1. The third-order valence-electron chi connectivity index (χ3n) is 6.29. The smallest absolute Gasteiger partial charge is 0.248 e. The van der Waals surface area contributed by atoms with E-state index in [2.05, 4.69) is 44.2 Å². The van der Waals surface area contributed by atoms with E-state index in [9.17, 15) is 9.59 Å². The van der Waals surface area contributed by atoms with Gasteiger partial charge in [-0.25, -0.2) is 15.0 Å². The Hall–Kier alpha value is -4.79. The number of amides is 2. The number of hydrogen-bond donors (Lipinski definition) is 2. The molecule has 0 bridgehead atoms. The Balaban J connectivity index is 1.35. The van der Waals surface area contributed by atoms with Crippen molar-refractivity contribution in [3.8, 4) is 11.3 Å².